The Morgan fingerprint density at radius 1 is 0.947 bits per heavy atom. The molecule has 1 aliphatic rings. The first-order valence-electron chi connectivity index (χ1n) is 7.09. The Labute approximate surface area is 117 Å². The number of ether oxygens (including phenoxy) is 2. The molecule has 0 N–H and O–H groups in total. The van der Waals surface area contributed by atoms with Crippen molar-refractivity contribution >= 4 is 0 Å². The van der Waals surface area contributed by atoms with E-state index in [4.69, 9.17) is 9.47 Å². The van der Waals surface area contributed by atoms with Crippen molar-refractivity contribution in [1.29, 1.82) is 0 Å². The lowest BCUT2D eigenvalue weighted by Gasteiger charge is -2.40. The SMILES string of the molecule is COc1c(C)ccc([C@@]2(C)CCCC2(C)C)c1OC. The largest absolute Gasteiger partial charge is 0.493 e. The van der Waals surface area contributed by atoms with Gasteiger partial charge >= 0.3 is 0 Å². The molecule has 1 aromatic carbocycles. The molecule has 2 rings (SSSR count). The number of methoxy groups -OCH3 is 2. The minimum atomic E-state index is 0.152. The number of hydrogen-bond acceptors (Lipinski definition) is 2. The number of rotatable bonds is 3. The second kappa shape index (κ2) is 4.73. The fraction of sp³-hybridized carbons (Fsp3) is 0.647. The monoisotopic (exact) mass is 262 g/mol. The summed E-state index contributed by atoms with van der Waals surface area (Å²) in [6, 6.07) is 4.38. The molecule has 0 unspecified atom stereocenters. The van der Waals surface area contributed by atoms with E-state index in [1.54, 1.807) is 14.2 Å². The van der Waals surface area contributed by atoms with Gasteiger partial charge < -0.3 is 9.47 Å². The van der Waals surface area contributed by atoms with Gasteiger partial charge in [0.05, 0.1) is 14.2 Å². The summed E-state index contributed by atoms with van der Waals surface area (Å²) in [5.74, 6) is 1.80. The van der Waals surface area contributed by atoms with Crippen molar-refractivity contribution in [3.05, 3.63) is 23.3 Å². The summed E-state index contributed by atoms with van der Waals surface area (Å²) in [6.07, 6.45) is 3.76. The molecule has 1 fully saturated rings. The molecule has 1 aromatic rings. The first-order chi connectivity index (χ1) is 8.87. The lowest BCUT2D eigenvalue weighted by atomic mass is 9.65. The van der Waals surface area contributed by atoms with E-state index in [-0.39, 0.29) is 5.41 Å². The first kappa shape index (κ1) is 14.2. The van der Waals surface area contributed by atoms with Crippen LogP contribution in [0.4, 0.5) is 0 Å². The summed E-state index contributed by atoms with van der Waals surface area (Å²) >= 11 is 0. The van der Waals surface area contributed by atoms with Crippen molar-refractivity contribution < 1.29 is 9.47 Å². The van der Waals surface area contributed by atoms with Gasteiger partial charge in [0.15, 0.2) is 11.5 Å². The van der Waals surface area contributed by atoms with Crippen LogP contribution >= 0.6 is 0 Å². The van der Waals surface area contributed by atoms with E-state index in [9.17, 15) is 0 Å². The van der Waals surface area contributed by atoms with Crippen LogP contribution in [0.3, 0.4) is 0 Å². The Hall–Kier alpha value is -1.18. The van der Waals surface area contributed by atoms with Crippen LogP contribution in [0.2, 0.25) is 0 Å². The van der Waals surface area contributed by atoms with Crippen LogP contribution in [0.1, 0.15) is 51.2 Å². The van der Waals surface area contributed by atoms with E-state index in [1.165, 1.54) is 24.8 Å². The highest BCUT2D eigenvalue weighted by Gasteiger charge is 2.48. The van der Waals surface area contributed by atoms with Gasteiger partial charge in [0.2, 0.25) is 0 Å². The quantitative estimate of drug-likeness (QED) is 0.799. The summed E-state index contributed by atoms with van der Waals surface area (Å²) in [7, 11) is 3.46. The van der Waals surface area contributed by atoms with Crippen molar-refractivity contribution in [3.8, 4) is 11.5 Å². The average molecular weight is 262 g/mol. The number of aryl methyl sites for hydroxylation is 1. The Balaban J connectivity index is 2.63. The van der Waals surface area contributed by atoms with E-state index in [0.29, 0.717) is 5.41 Å². The highest BCUT2D eigenvalue weighted by atomic mass is 16.5. The van der Waals surface area contributed by atoms with Crippen LogP contribution in [0.5, 0.6) is 11.5 Å². The maximum absolute atomic E-state index is 5.69. The zero-order valence-electron chi connectivity index (χ0n) is 13.1. The molecule has 1 saturated carbocycles. The second-order valence-electron chi connectivity index (χ2n) is 6.57. The van der Waals surface area contributed by atoms with Gasteiger partial charge in [-0.05, 0) is 30.7 Å². The molecule has 106 valence electrons. The van der Waals surface area contributed by atoms with Crippen LogP contribution in [0.15, 0.2) is 12.1 Å². The summed E-state index contributed by atoms with van der Waals surface area (Å²) < 4.78 is 11.2. The molecule has 0 heterocycles. The molecular weight excluding hydrogens is 236 g/mol. The first-order valence-corrected chi connectivity index (χ1v) is 7.09. The lowest BCUT2D eigenvalue weighted by Crippen LogP contribution is -2.34. The minimum absolute atomic E-state index is 0.152. The van der Waals surface area contributed by atoms with E-state index < -0.39 is 0 Å². The Morgan fingerprint density at radius 3 is 2.05 bits per heavy atom. The molecule has 19 heavy (non-hydrogen) atoms. The fourth-order valence-electron chi connectivity index (χ4n) is 3.55. The van der Waals surface area contributed by atoms with Gasteiger partial charge in [0, 0.05) is 11.0 Å². The van der Waals surface area contributed by atoms with Crippen molar-refractivity contribution in [3.63, 3.8) is 0 Å². The van der Waals surface area contributed by atoms with Gasteiger partial charge in [0.1, 0.15) is 0 Å². The van der Waals surface area contributed by atoms with Gasteiger partial charge in [-0.1, -0.05) is 39.3 Å². The Morgan fingerprint density at radius 2 is 1.58 bits per heavy atom. The van der Waals surface area contributed by atoms with Gasteiger partial charge in [-0.3, -0.25) is 0 Å². The lowest BCUT2D eigenvalue weighted by molar-refractivity contribution is 0.216. The Bertz CT molecular complexity index is 476. The molecule has 0 radical (unpaired) electrons. The minimum Gasteiger partial charge on any atom is -0.493 e. The Kier molecular flexibility index (Phi) is 3.55. The molecule has 0 spiro atoms. The molecule has 2 nitrogen and oxygen atoms in total. The maximum Gasteiger partial charge on any atom is 0.164 e. The van der Waals surface area contributed by atoms with Crippen molar-refractivity contribution in [2.24, 2.45) is 5.41 Å². The third kappa shape index (κ3) is 2.01. The van der Waals surface area contributed by atoms with Crippen LogP contribution in [-0.4, -0.2) is 14.2 Å². The molecule has 0 saturated heterocycles. The van der Waals surface area contributed by atoms with Crippen LogP contribution in [-0.2, 0) is 5.41 Å². The summed E-state index contributed by atoms with van der Waals surface area (Å²) in [4.78, 5) is 0. The van der Waals surface area contributed by atoms with Crippen LogP contribution in [0.25, 0.3) is 0 Å². The number of hydrogen-bond donors (Lipinski definition) is 0. The van der Waals surface area contributed by atoms with Gasteiger partial charge in [-0.2, -0.15) is 0 Å². The van der Waals surface area contributed by atoms with Crippen molar-refractivity contribution in [2.45, 2.75) is 52.4 Å². The highest BCUT2D eigenvalue weighted by Crippen LogP contribution is 2.57. The molecule has 2 heteroatoms. The standard InChI is InChI=1S/C17H26O2/c1-12-8-9-13(15(19-6)14(12)18-5)17(4)11-7-10-16(17,2)3/h8-9H,7,10-11H2,1-6H3/t17-/m1/s1. The number of benzene rings is 1. The summed E-state index contributed by atoms with van der Waals surface area (Å²) in [5.41, 5.74) is 2.86. The van der Waals surface area contributed by atoms with Gasteiger partial charge in [-0.15, -0.1) is 0 Å². The highest BCUT2D eigenvalue weighted by molar-refractivity contribution is 5.55. The molecule has 0 bridgehead atoms. The van der Waals surface area contributed by atoms with E-state index in [0.717, 1.165) is 17.1 Å². The van der Waals surface area contributed by atoms with Crippen LogP contribution in [0, 0.1) is 12.3 Å². The zero-order chi connectivity index (χ0) is 14.3. The molecule has 0 amide bonds. The predicted molar refractivity (Wildman–Crippen MR) is 79.3 cm³/mol. The summed E-state index contributed by atoms with van der Waals surface area (Å²) in [5, 5.41) is 0. The topological polar surface area (TPSA) is 18.5 Å². The van der Waals surface area contributed by atoms with Crippen molar-refractivity contribution in [2.75, 3.05) is 14.2 Å². The molecule has 1 aliphatic carbocycles. The van der Waals surface area contributed by atoms with Crippen LogP contribution < -0.4 is 9.47 Å². The predicted octanol–water partition coefficient (Wildman–Crippen LogP) is 4.48. The molecule has 0 aliphatic heterocycles. The molecular formula is C17H26O2. The third-order valence-corrected chi connectivity index (χ3v) is 5.28. The van der Waals surface area contributed by atoms with Gasteiger partial charge in [-0.25, -0.2) is 0 Å². The van der Waals surface area contributed by atoms with Gasteiger partial charge in [0.25, 0.3) is 0 Å². The summed E-state index contributed by atoms with van der Waals surface area (Å²) in [6.45, 7) is 9.16. The molecule has 0 aromatic heterocycles. The van der Waals surface area contributed by atoms with E-state index in [1.807, 2.05) is 0 Å². The normalized spacial score (nSPS) is 25.4. The second-order valence-corrected chi connectivity index (χ2v) is 6.57. The zero-order valence-corrected chi connectivity index (χ0v) is 13.1. The maximum atomic E-state index is 5.69. The van der Waals surface area contributed by atoms with E-state index in [2.05, 4.69) is 39.8 Å². The fourth-order valence-corrected chi connectivity index (χ4v) is 3.55. The average Bonchev–Trinajstić information content (AvgIpc) is 2.63. The molecule has 1 atom stereocenters. The van der Waals surface area contributed by atoms with Crippen molar-refractivity contribution in [1.82, 2.24) is 0 Å². The van der Waals surface area contributed by atoms with E-state index >= 15 is 0 Å². The smallest absolute Gasteiger partial charge is 0.164 e. The third-order valence-electron chi connectivity index (χ3n) is 5.28.